The van der Waals surface area contributed by atoms with Crippen molar-refractivity contribution < 1.29 is 14.1 Å². The first-order valence-corrected chi connectivity index (χ1v) is 7.39. The SMILES string of the molecule is COc1ccccc1-c1nc(C(=O)Nc2cc(C)on2)cs1. The third kappa shape index (κ3) is 2.84. The number of hydrogen-bond donors (Lipinski definition) is 1. The molecule has 0 spiro atoms. The van der Waals surface area contributed by atoms with E-state index in [9.17, 15) is 4.79 Å². The lowest BCUT2D eigenvalue weighted by molar-refractivity contribution is 0.102. The Bertz CT molecular complexity index is 810. The number of thiazole rings is 1. The standard InChI is InChI=1S/C15H13N3O3S/c1-9-7-13(18-21-9)17-14(19)11-8-22-15(16-11)10-5-3-4-6-12(10)20-2/h3-8H,1-2H3,(H,17,18,19). The maximum atomic E-state index is 12.1. The van der Waals surface area contributed by atoms with Crippen molar-refractivity contribution in [3.05, 3.63) is 47.2 Å². The molecule has 0 aliphatic rings. The van der Waals surface area contributed by atoms with Crippen LogP contribution in [0, 0.1) is 6.92 Å². The monoisotopic (exact) mass is 315 g/mol. The molecule has 0 saturated carbocycles. The van der Waals surface area contributed by atoms with E-state index in [0.717, 1.165) is 16.3 Å². The zero-order valence-electron chi connectivity index (χ0n) is 12.0. The van der Waals surface area contributed by atoms with Crippen LogP contribution in [0.4, 0.5) is 5.82 Å². The Morgan fingerprint density at radius 1 is 1.36 bits per heavy atom. The van der Waals surface area contributed by atoms with E-state index in [4.69, 9.17) is 9.26 Å². The van der Waals surface area contributed by atoms with E-state index in [0.29, 0.717) is 17.3 Å². The summed E-state index contributed by atoms with van der Waals surface area (Å²) in [6.45, 7) is 1.76. The van der Waals surface area contributed by atoms with Crippen LogP contribution in [0.3, 0.4) is 0 Å². The molecule has 1 aromatic carbocycles. The van der Waals surface area contributed by atoms with Gasteiger partial charge in [0.25, 0.3) is 5.91 Å². The summed E-state index contributed by atoms with van der Waals surface area (Å²) in [5, 5.41) is 8.78. The van der Waals surface area contributed by atoms with Crippen molar-refractivity contribution >= 4 is 23.1 Å². The molecule has 2 aromatic heterocycles. The van der Waals surface area contributed by atoms with Gasteiger partial charge in [0.15, 0.2) is 5.82 Å². The number of amides is 1. The molecule has 0 atom stereocenters. The number of aryl methyl sites for hydroxylation is 1. The van der Waals surface area contributed by atoms with Gasteiger partial charge in [-0.3, -0.25) is 4.79 Å². The van der Waals surface area contributed by atoms with Crippen LogP contribution in [0.5, 0.6) is 5.75 Å². The largest absolute Gasteiger partial charge is 0.496 e. The highest BCUT2D eigenvalue weighted by molar-refractivity contribution is 7.13. The van der Waals surface area contributed by atoms with E-state index in [2.05, 4.69) is 15.5 Å². The molecule has 0 unspecified atom stereocenters. The first kappa shape index (κ1) is 14.3. The molecule has 112 valence electrons. The molecule has 6 nitrogen and oxygen atoms in total. The maximum absolute atomic E-state index is 12.1. The summed E-state index contributed by atoms with van der Waals surface area (Å²) >= 11 is 1.38. The highest BCUT2D eigenvalue weighted by atomic mass is 32.1. The van der Waals surface area contributed by atoms with Crippen LogP contribution >= 0.6 is 11.3 Å². The van der Waals surface area contributed by atoms with Gasteiger partial charge in [0.2, 0.25) is 0 Å². The van der Waals surface area contributed by atoms with Gasteiger partial charge in [0.1, 0.15) is 22.2 Å². The number of ether oxygens (including phenoxy) is 1. The zero-order valence-corrected chi connectivity index (χ0v) is 12.8. The van der Waals surface area contributed by atoms with E-state index in [1.807, 2.05) is 24.3 Å². The Morgan fingerprint density at radius 3 is 2.91 bits per heavy atom. The Hall–Kier alpha value is -2.67. The molecular formula is C15H13N3O3S. The zero-order chi connectivity index (χ0) is 15.5. The smallest absolute Gasteiger partial charge is 0.276 e. The van der Waals surface area contributed by atoms with Crippen LogP contribution in [0.2, 0.25) is 0 Å². The van der Waals surface area contributed by atoms with Gasteiger partial charge < -0.3 is 14.6 Å². The second-order valence-corrected chi connectivity index (χ2v) is 5.37. The van der Waals surface area contributed by atoms with Crippen LogP contribution in [0.1, 0.15) is 16.2 Å². The van der Waals surface area contributed by atoms with Crippen molar-refractivity contribution in [3.63, 3.8) is 0 Å². The van der Waals surface area contributed by atoms with Crippen molar-refractivity contribution in [2.45, 2.75) is 6.92 Å². The predicted octanol–water partition coefficient (Wildman–Crippen LogP) is 3.37. The number of benzene rings is 1. The van der Waals surface area contributed by atoms with Crippen LogP contribution < -0.4 is 10.1 Å². The quantitative estimate of drug-likeness (QED) is 0.798. The van der Waals surface area contributed by atoms with E-state index in [-0.39, 0.29) is 5.91 Å². The number of carbonyl (C=O) groups excluding carboxylic acids is 1. The topological polar surface area (TPSA) is 77.2 Å². The Kier molecular flexibility index (Phi) is 3.88. The summed E-state index contributed by atoms with van der Waals surface area (Å²) < 4.78 is 10.2. The fourth-order valence-corrected chi connectivity index (χ4v) is 2.76. The molecule has 3 aromatic rings. The molecule has 0 saturated heterocycles. The number of nitrogens with one attached hydrogen (secondary N) is 1. The molecule has 1 N–H and O–H groups in total. The normalized spacial score (nSPS) is 10.5. The van der Waals surface area contributed by atoms with Gasteiger partial charge in [0.05, 0.1) is 12.7 Å². The number of nitrogens with zero attached hydrogens (tertiary/aromatic N) is 2. The van der Waals surface area contributed by atoms with Crippen molar-refractivity contribution in [2.24, 2.45) is 0 Å². The highest BCUT2D eigenvalue weighted by Crippen LogP contribution is 2.31. The molecule has 0 bridgehead atoms. The number of rotatable bonds is 4. The van der Waals surface area contributed by atoms with Crippen LogP contribution in [-0.4, -0.2) is 23.2 Å². The molecule has 7 heteroatoms. The van der Waals surface area contributed by atoms with Crippen LogP contribution in [-0.2, 0) is 0 Å². The second kappa shape index (κ2) is 5.98. The third-order valence-electron chi connectivity index (χ3n) is 2.94. The minimum absolute atomic E-state index is 0.326. The summed E-state index contributed by atoms with van der Waals surface area (Å²) in [5.41, 5.74) is 1.18. The lowest BCUT2D eigenvalue weighted by Crippen LogP contribution is -2.12. The molecule has 2 heterocycles. The van der Waals surface area contributed by atoms with E-state index in [1.54, 1.807) is 25.5 Å². The van der Waals surface area contributed by atoms with E-state index in [1.165, 1.54) is 11.3 Å². The van der Waals surface area contributed by atoms with Gasteiger partial charge in [0, 0.05) is 11.4 Å². The van der Waals surface area contributed by atoms with Gasteiger partial charge in [-0.15, -0.1) is 11.3 Å². The van der Waals surface area contributed by atoms with Gasteiger partial charge >= 0.3 is 0 Å². The summed E-state index contributed by atoms with van der Waals surface area (Å²) in [7, 11) is 1.60. The lowest BCUT2D eigenvalue weighted by Gasteiger charge is -2.04. The minimum Gasteiger partial charge on any atom is -0.496 e. The molecule has 0 aliphatic heterocycles. The summed E-state index contributed by atoms with van der Waals surface area (Å²) in [4.78, 5) is 16.5. The predicted molar refractivity (Wildman–Crippen MR) is 83.3 cm³/mol. The van der Waals surface area contributed by atoms with Crippen molar-refractivity contribution in [2.75, 3.05) is 12.4 Å². The molecule has 0 radical (unpaired) electrons. The van der Waals surface area contributed by atoms with E-state index < -0.39 is 0 Å². The summed E-state index contributed by atoms with van der Waals surface area (Å²) in [5.74, 6) is 1.39. The second-order valence-electron chi connectivity index (χ2n) is 4.52. The summed E-state index contributed by atoms with van der Waals surface area (Å²) in [6.07, 6.45) is 0. The van der Waals surface area contributed by atoms with Gasteiger partial charge in [-0.2, -0.15) is 0 Å². The molecule has 0 aliphatic carbocycles. The fourth-order valence-electron chi connectivity index (χ4n) is 1.93. The molecular weight excluding hydrogens is 302 g/mol. The fraction of sp³-hybridized carbons (Fsp3) is 0.133. The highest BCUT2D eigenvalue weighted by Gasteiger charge is 2.15. The maximum Gasteiger partial charge on any atom is 0.276 e. The molecule has 22 heavy (non-hydrogen) atoms. The number of hydrogen-bond acceptors (Lipinski definition) is 6. The Balaban J connectivity index is 1.82. The van der Waals surface area contributed by atoms with Crippen molar-refractivity contribution in [1.82, 2.24) is 10.1 Å². The lowest BCUT2D eigenvalue weighted by atomic mass is 10.2. The first-order valence-electron chi connectivity index (χ1n) is 6.51. The Morgan fingerprint density at radius 2 is 2.18 bits per heavy atom. The van der Waals surface area contributed by atoms with Crippen LogP contribution in [0.25, 0.3) is 10.6 Å². The number of carbonyl (C=O) groups is 1. The number of aromatic nitrogens is 2. The van der Waals surface area contributed by atoms with Gasteiger partial charge in [-0.05, 0) is 19.1 Å². The summed E-state index contributed by atoms with van der Waals surface area (Å²) in [6, 6.07) is 9.19. The number of anilines is 1. The Labute approximate surface area is 130 Å². The minimum atomic E-state index is -0.328. The first-order chi connectivity index (χ1) is 10.7. The molecule has 3 rings (SSSR count). The average molecular weight is 315 g/mol. The van der Waals surface area contributed by atoms with Gasteiger partial charge in [-0.25, -0.2) is 4.98 Å². The molecule has 0 fully saturated rings. The van der Waals surface area contributed by atoms with Crippen molar-refractivity contribution in [3.8, 4) is 16.3 Å². The van der Waals surface area contributed by atoms with E-state index >= 15 is 0 Å². The average Bonchev–Trinajstić information content (AvgIpc) is 3.16. The van der Waals surface area contributed by atoms with Crippen molar-refractivity contribution in [1.29, 1.82) is 0 Å². The third-order valence-corrected chi connectivity index (χ3v) is 3.82. The van der Waals surface area contributed by atoms with Crippen LogP contribution in [0.15, 0.2) is 40.2 Å². The van der Waals surface area contributed by atoms with Gasteiger partial charge in [-0.1, -0.05) is 17.3 Å². The number of para-hydroxylation sites is 1. The number of methoxy groups -OCH3 is 1. The molecule has 1 amide bonds.